The van der Waals surface area contributed by atoms with Gasteiger partial charge in [0, 0.05) is 25.2 Å². The van der Waals surface area contributed by atoms with Crippen molar-refractivity contribution in [3.05, 3.63) is 29.8 Å². The van der Waals surface area contributed by atoms with Crippen LogP contribution in [0, 0.1) is 16.7 Å². The zero-order valence-electron chi connectivity index (χ0n) is 16.4. The number of esters is 1. The van der Waals surface area contributed by atoms with E-state index in [0.717, 1.165) is 18.5 Å². The van der Waals surface area contributed by atoms with Crippen molar-refractivity contribution in [1.82, 2.24) is 0 Å². The van der Waals surface area contributed by atoms with Gasteiger partial charge in [-0.2, -0.15) is 0 Å². The quantitative estimate of drug-likeness (QED) is 0.576. The van der Waals surface area contributed by atoms with Gasteiger partial charge < -0.3 is 14.4 Å². The molecule has 2 aliphatic carbocycles. The Morgan fingerprint density at radius 1 is 1.15 bits per heavy atom. The van der Waals surface area contributed by atoms with E-state index in [1.165, 1.54) is 0 Å². The molecule has 0 saturated heterocycles. The number of anilines is 1. The van der Waals surface area contributed by atoms with Crippen LogP contribution in [0.1, 0.15) is 44.0 Å². The molecular formula is C21H29NO4. The fourth-order valence-corrected chi connectivity index (χ4v) is 4.48. The minimum Gasteiger partial charge on any atom is -0.460 e. The predicted molar refractivity (Wildman–Crippen MR) is 100 cm³/mol. The number of hydrogen-bond donors (Lipinski definition) is 0. The lowest BCUT2D eigenvalue weighted by atomic mass is 9.70. The Balaban J connectivity index is 1.49. The van der Waals surface area contributed by atoms with Crippen LogP contribution >= 0.6 is 0 Å². The molecule has 26 heavy (non-hydrogen) atoms. The van der Waals surface area contributed by atoms with E-state index in [4.69, 9.17) is 9.47 Å². The van der Waals surface area contributed by atoms with E-state index >= 15 is 0 Å². The SMILES string of the molecule is CN(C)c1ccc(C(=O)OCCOC2C(=O)C3(C)CCC2C3(C)C)cc1. The van der Waals surface area contributed by atoms with Crippen molar-refractivity contribution in [2.45, 2.75) is 39.7 Å². The Morgan fingerprint density at radius 2 is 1.81 bits per heavy atom. The van der Waals surface area contributed by atoms with Crippen LogP contribution in [-0.2, 0) is 14.3 Å². The topological polar surface area (TPSA) is 55.8 Å². The number of carbonyl (C=O) groups is 2. The summed E-state index contributed by atoms with van der Waals surface area (Å²) in [6.45, 7) is 6.81. The molecular weight excluding hydrogens is 330 g/mol. The van der Waals surface area contributed by atoms with E-state index in [-0.39, 0.29) is 47.8 Å². The Bertz CT molecular complexity index is 694. The number of ketones is 1. The summed E-state index contributed by atoms with van der Waals surface area (Å²) in [6, 6.07) is 7.26. The van der Waals surface area contributed by atoms with Gasteiger partial charge in [0.25, 0.3) is 0 Å². The molecule has 2 bridgehead atoms. The molecule has 5 heteroatoms. The third-order valence-corrected chi connectivity index (χ3v) is 6.71. The van der Waals surface area contributed by atoms with Crippen molar-refractivity contribution in [2.75, 3.05) is 32.2 Å². The van der Waals surface area contributed by atoms with E-state index in [9.17, 15) is 9.59 Å². The van der Waals surface area contributed by atoms with E-state index in [1.807, 2.05) is 31.1 Å². The maximum absolute atomic E-state index is 12.7. The first-order valence-corrected chi connectivity index (χ1v) is 9.29. The van der Waals surface area contributed by atoms with Gasteiger partial charge in [0.1, 0.15) is 12.7 Å². The van der Waals surface area contributed by atoms with Crippen LogP contribution in [-0.4, -0.2) is 45.2 Å². The van der Waals surface area contributed by atoms with Crippen molar-refractivity contribution >= 4 is 17.4 Å². The maximum Gasteiger partial charge on any atom is 0.338 e. The van der Waals surface area contributed by atoms with Gasteiger partial charge in [-0.25, -0.2) is 4.79 Å². The molecule has 3 unspecified atom stereocenters. The molecule has 0 radical (unpaired) electrons. The van der Waals surface area contributed by atoms with Crippen molar-refractivity contribution in [2.24, 2.45) is 16.7 Å². The first-order valence-electron chi connectivity index (χ1n) is 9.29. The fraction of sp³-hybridized carbons (Fsp3) is 0.619. The van der Waals surface area contributed by atoms with Gasteiger partial charge in [-0.05, 0) is 48.4 Å². The Hall–Kier alpha value is -1.88. The highest BCUT2D eigenvalue weighted by molar-refractivity contribution is 5.93. The highest BCUT2D eigenvalue weighted by Crippen LogP contribution is 2.64. The number of ether oxygens (including phenoxy) is 2. The van der Waals surface area contributed by atoms with Crippen LogP contribution in [0.4, 0.5) is 5.69 Å². The van der Waals surface area contributed by atoms with Gasteiger partial charge >= 0.3 is 5.97 Å². The fourth-order valence-electron chi connectivity index (χ4n) is 4.48. The Kier molecular flexibility index (Phi) is 4.86. The van der Waals surface area contributed by atoms with Crippen LogP contribution in [0.2, 0.25) is 0 Å². The second-order valence-corrected chi connectivity index (χ2v) is 8.43. The molecule has 0 heterocycles. The molecule has 1 aromatic rings. The van der Waals surface area contributed by atoms with Gasteiger partial charge in [-0.15, -0.1) is 0 Å². The molecule has 0 spiro atoms. The molecule has 0 N–H and O–H groups in total. The molecule has 3 atom stereocenters. The smallest absolute Gasteiger partial charge is 0.338 e. The van der Waals surface area contributed by atoms with E-state index in [0.29, 0.717) is 5.56 Å². The van der Waals surface area contributed by atoms with E-state index in [2.05, 4.69) is 20.8 Å². The second-order valence-electron chi connectivity index (χ2n) is 8.43. The molecule has 5 nitrogen and oxygen atoms in total. The van der Waals surface area contributed by atoms with Gasteiger partial charge in [0.2, 0.25) is 0 Å². The molecule has 142 valence electrons. The summed E-state index contributed by atoms with van der Waals surface area (Å²) in [6.07, 6.45) is 1.61. The molecule has 2 saturated carbocycles. The number of hydrogen-bond acceptors (Lipinski definition) is 5. The summed E-state index contributed by atoms with van der Waals surface area (Å²) in [4.78, 5) is 26.8. The summed E-state index contributed by atoms with van der Waals surface area (Å²) < 4.78 is 11.1. The van der Waals surface area contributed by atoms with Gasteiger partial charge in [0.15, 0.2) is 5.78 Å². The number of fused-ring (bicyclic) bond motifs is 2. The van der Waals surface area contributed by atoms with Crippen molar-refractivity contribution in [3.63, 3.8) is 0 Å². The summed E-state index contributed by atoms with van der Waals surface area (Å²) in [5.41, 5.74) is 1.23. The van der Waals surface area contributed by atoms with Crippen LogP contribution in [0.25, 0.3) is 0 Å². The van der Waals surface area contributed by atoms with Crippen molar-refractivity contribution in [3.8, 4) is 0 Å². The van der Waals surface area contributed by atoms with Crippen LogP contribution in [0.3, 0.4) is 0 Å². The third-order valence-electron chi connectivity index (χ3n) is 6.71. The number of nitrogens with zero attached hydrogens (tertiary/aromatic N) is 1. The third kappa shape index (κ3) is 2.92. The van der Waals surface area contributed by atoms with Crippen LogP contribution in [0.15, 0.2) is 24.3 Å². The number of Topliss-reactive ketones (excluding diaryl/α,β-unsaturated/α-hetero) is 1. The zero-order chi connectivity index (χ0) is 19.1. The van der Waals surface area contributed by atoms with Gasteiger partial charge in [-0.3, -0.25) is 4.79 Å². The van der Waals surface area contributed by atoms with Crippen LogP contribution < -0.4 is 4.90 Å². The normalized spacial score (nSPS) is 29.0. The standard InChI is InChI=1S/C21H29NO4/c1-20(2)16-10-11-21(20,3)18(23)17(16)25-12-13-26-19(24)14-6-8-15(9-7-14)22(4)5/h6-9,16-17H,10-13H2,1-5H3. The maximum atomic E-state index is 12.7. The van der Waals surface area contributed by atoms with E-state index < -0.39 is 0 Å². The molecule has 0 aromatic heterocycles. The summed E-state index contributed by atoms with van der Waals surface area (Å²) in [5, 5.41) is 0. The molecule has 3 rings (SSSR count). The second kappa shape index (κ2) is 6.69. The molecule has 1 aromatic carbocycles. The molecule has 2 aliphatic rings. The average Bonchev–Trinajstić information content (AvgIpc) is 2.91. The molecule has 2 fully saturated rings. The largest absolute Gasteiger partial charge is 0.460 e. The predicted octanol–water partition coefficient (Wildman–Crippen LogP) is 3.32. The van der Waals surface area contributed by atoms with Crippen LogP contribution in [0.5, 0.6) is 0 Å². The highest BCUT2D eigenvalue weighted by atomic mass is 16.6. The Morgan fingerprint density at radius 3 is 2.35 bits per heavy atom. The number of rotatable bonds is 6. The summed E-state index contributed by atoms with van der Waals surface area (Å²) in [7, 11) is 3.90. The molecule has 0 aliphatic heterocycles. The summed E-state index contributed by atoms with van der Waals surface area (Å²) >= 11 is 0. The zero-order valence-corrected chi connectivity index (χ0v) is 16.4. The van der Waals surface area contributed by atoms with Crippen molar-refractivity contribution < 1.29 is 19.1 Å². The minimum absolute atomic E-state index is 0.0282. The van der Waals surface area contributed by atoms with Gasteiger partial charge in [0.05, 0.1) is 12.2 Å². The number of benzene rings is 1. The lowest BCUT2D eigenvalue weighted by molar-refractivity contribution is -0.139. The Labute approximate surface area is 155 Å². The first-order chi connectivity index (χ1) is 12.2. The summed E-state index contributed by atoms with van der Waals surface area (Å²) in [5.74, 6) is 0.101. The highest BCUT2D eigenvalue weighted by Gasteiger charge is 2.66. The van der Waals surface area contributed by atoms with Crippen molar-refractivity contribution in [1.29, 1.82) is 0 Å². The average molecular weight is 359 g/mol. The lowest BCUT2D eigenvalue weighted by Crippen LogP contribution is -2.36. The number of carbonyl (C=O) groups excluding carboxylic acids is 2. The van der Waals surface area contributed by atoms with Gasteiger partial charge in [-0.1, -0.05) is 20.8 Å². The first kappa shape index (κ1) is 18.9. The van der Waals surface area contributed by atoms with E-state index in [1.54, 1.807) is 12.1 Å². The monoisotopic (exact) mass is 359 g/mol. The minimum atomic E-state index is -0.370. The lowest BCUT2D eigenvalue weighted by Gasteiger charge is -2.31. The molecule has 0 amide bonds.